The Balaban J connectivity index is 1.30. The topological polar surface area (TPSA) is 113 Å². The van der Waals surface area contributed by atoms with Crippen molar-refractivity contribution in [2.24, 2.45) is 5.92 Å². The zero-order valence-electron chi connectivity index (χ0n) is 19.6. The molecule has 1 aliphatic heterocycles. The molecule has 196 valence electrons. The van der Waals surface area contributed by atoms with Gasteiger partial charge in [0.25, 0.3) is 10.0 Å². The van der Waals surface area contributed by atoms with Gasteiger partial charge in [0.05, 0.1) is 10.6 Å². The van der Waals surface area contributed by atoms with E-state index in [2.05, 4.69) is 10.0 Å². The van der Waals surface area contributed by atoms with Gasteiger partial charge in [-0.15, -0.1) is 0 Å². The first kappa shape index (κ1) is 27.1. The summed E-state index contributed by atoms with van der Waals surface area (Å²) in [5.41, 5.74) is 1.30. The van der Waals surface area contributed by atoms with Crippen LogP contribution in [0.25, 0.3) is 0 Å². The fraction of sp³-hybridized carbons (Fsp3) is 0.240. The number of hydrogen-bond donors (Lipinski definition) is 2. The molecule has 0 saturated carbocycles. The standard InChI is InChI=1S/C25H25ClFN3O5S2/c26-20-3-7-23(8-4-20)29-37(34,35)24-11-9-22(10-12-24)28-25(31)19-13-15-30(16-14-19)36(32,33)17-18-1-5-21(27)6-2-18/h1-12,19,29H,13-17H2,(H,28,31). The van der Waals surface area contributed by atoms with Crippen LogP contribution < -0.4 is 10.0 Å². The third-order valence-electron chi connectivity index (χ3n) is 6.01. The molecule has 8 nitrogen and oxygen atoms in total. The van der Waals surface area contributed by atoms with E-state index in [1.807, 2.05) is 0 Å². The summed E-state index contributed by atoms with van der Waals surface area (Å²) in [4.78, 5) is 12.8. The Hall–Kier alpha value is -2.99. The second kappa shape index (κ2) is 11.2. The number of rotatable bonds is 8. The van der Waals surface area contributed by atoms with Gasteiger partial charge in [-0.1, -0.05) is 23.7 Å². The van der Waals surface area contributed by atoms with E-state index in [1.54, 1.807) is 24.3 Å². The van der Waals surface area contributed by atoms with Crippen molar-refractivity contribution < 1.29 is 26.0 Å². The highest BCUT2D eigenvalue weighted by Gasteiger charge is 2.31. The minimum absolute atomic E-state index is 0.0279. The Kier molecular flexibility index (Phi) is 8.17. The molecule has 0 unspecified atom stereocenters. The van der Waals surface area contributed by atoms with Crippen molar-refractivity contribution in [2.75, 3.05) is 23.1 Å². The molecule has 3 aromatic carbocycles. The lowest BCUT2D eigenvalue weighted by Crippen LogP contribution is -2.41. The van der Waals surface area contributed by atoms with Crippen LogP contribution in [0, 0.1) is 11.7 Å². The van der Waals surface area contributed by atoms with E-state index in [4.69, 9.17) is 11.6 Å². The van der Waals surface area contributed by atoms with Crippen LogP contribution >= 0.6 is 11.6 Å². The predicted molar refractivity (Wildman–Crippen MR) is 141 cm³/mol. The summed E-state index contributed by atoms with van der Waals surface area (Å²) in [5.74, 6) is -1.30. The number of nitrogens with one attached hydrogen (secondary N) is 2. The summed E-state index contributed by atoms with van der Waals surface area (Å²) < 4.78 is 67.6. The maximum atomic E-state index is 13.1. The molecule has 2 N–H and O–H groups in total. The van der Waals surface area contributed by atoms with Crippen LogP contribution in [-0.4, -0.2) is 40.1 Å². The maximum absolute atomic E-state index is 13.1. The first-order valence-electron chi connectivity index (χ1n) is 11.4. The summed E-state index contributed by atoms with van der Waals surface area (Å²) in [6, 6.07) is 17.3. The fourth-order valence-corrected chi connectivity index (χ4v) is 6.72. The monoisotopic (exact) mass is 565 g/mol. The molecule has 1 heterocycles. The largest absolute Gasteiger partial charge is 0.326 e. The second-order valence-corrected chi connectivity index (χ2v) is 12.8. The molecule has 0 spiro atoms. The smallest absolute Gasteiger partial charge is 0.261 e. The lowest BCUT2D eigenvalue weighted by Gasteiger charge is -2.30. The van der Waals surface area contributed by atoms with E-state index in [-0.39, 0.29) is 35.6 Å². The molecule has 0 aliphatic carbocycles. The molecule has 1 amide bonds. The number of benzene rings is 3. The Morgan fingerprint density at radius 2 is 1.43 bits per heavy atom. The van der Waals surface area contributed by atoms with Gasteiger partial charge in [-0.2, -0.15) is 0 Å². The highest BCUT2D eigenvalue weighted by atomic mass is 35.5. The molecule has 1 aliphatic rings. The van der Waals surface area contributed by atoms with Crippen LogP contribution in [0.15, 0.2) is 77.7 Å². The van der Waals surface area contributed by atoms with Gasteiger partial charge in [-0.05, 0) is 79.1 Å². The molecule has 0 atom stereocenters. The van der Waals surface area contributed by atoms with Gasteiger partial charge in [0.1, 0.15) is 5.82 Å². The van der Waals surface area contributed by atoms with E-state index in [9.17, 15) is 26.0 Å². The Morgan fingerprint density at radius 3 is 2.03 bits per heavy atom. The predicted octanol–water partition coefficient (Wildman–Crippen LogP) is 4.46. The van der Waals surface area contributed by atoms with Gasteiger partial charge in [0.15, 0.2) is 0 Å². The third-order valence-corrected chi connectivity index (χ3v) is 9.51. The van der Waals surface area contributed by atoms with Crippen LogP contribution in [0.1, 0.15) is 18.4 Å². The lowest BCUT2D eigenvalue weighted by molar-refractivity contribution is -0.120. The Bertz CT molecular complexity index is 1460. The number of carbonyl (C=O) groups is 1. The molecule has 1 fully saturated rings. The number of halogens is 2. The minimum atomic E-state index is -3.82. The molecule has 12 heteroatoms. The molecule has 0 aromatic heterocycles. The summed E-state index contributed by atoms with van der Waals surface area (Å²) in [6.45, 7) is 0.407. The number of hydrogen-bond acceptors (Lipinski definition) is 5. The van der Waals surface area contributed by atoms with E-state index < -0.39 is 25.9 Å². The van der Waals surface area contributed by atoms with Crippen molar-refractivity contribution in [2.45, 2.75) is 23.5 Å². The minimum Gasteiger partial charge on any atom is -0.326 e. The first-order valence-corrected chi connectivity index (χ1v) is 14.9. The number of sulfonamides is 2. The maximum Gasteiger partial charge on any atom is 0.261 e. The van der Waals surface area contributed by atoms with E-state index in [0.29, 0.717) is 34.8 Å². The van der Waals surface area contributed by atoms with Crippen LogP contribution in [0.5, 0.6) is 0 Å². The van der Waals surface area contributed by atoms with E-state index >= 15 is 0 Å². The SMILES string of the molecule is O=C(Nc1ccc(S(=O)(=O)Nc2ccc(Cl)cc2)cc1)C1CCN(S(=O)(=O)Cc2ccc(F)cc2)CC1. The highest BCUT2D eigenvalue weighted by Crippen LogP contribution is 2.24. The van der Waals surface area contributed by atoms with E-state index in [0.717, 1.165) is 0 Å². The average Bonchev–Trinajstić information content (AvgIpc) is 2.87. The Morgan fingerprint density at radius 1 is 0.865 bits per heavy atom. The molecule has 4 rings (SSSR count). The van der Waals surface area contributed by atoms with Gasteiger partial charge in [-0.3, -0.25) is 9.52 Å². The molecule has 0 bridgehead atoms. The van der Waals surface area contributed by atoms with Crippen molar-refractivity contribution >= 4 is 48.9 Å². The molecule has 0 radical (unpaired) electrons. The number of amides is 1. The van der Waals surface area contributed by atoms with Crippen LogP contribution in [0.4, 0.5) is 15.8 Å². The number of piperidine rings is 1. The second-order valence-electron chi connectivity index (χ2n) is 8.68. The fourth-order valence-electron chi connectivity index (χ4n) is 3.97. The van der Waals surface area contributed by atoms with Crippen molar-refractivity contribution in [1.82, 2.24) is 4.31 Å². The van der Waals surface area contributed by atoms with E-state index in [1.165, 1.54) is 52.8 Å². The Labute approximate surface area is 220 Å². The molecule has 37 heavy (non-hydrogen) atoms. The van der Waals surface area contributed by atoms with Crippen molar-refractivity contribution in [3.63, 3.8) is 0 Å². The first-order chi connectivity index (χ1) is 17.5. The quantitative estimate of drug-likeness (QED) is 0.419. The number of anilines is 2. The zero-order valence-corrected chi connectivity index (χ0v) is 22.0. The van der Waals surface area contributed by atoms with Crippen LogP contribution in [-0.2, 0) is 30.6 Å². The third kappa shape index (κ3) is 7.07. The van der Waals surface area contributed by atoms with Crippen LogP contribution in [0.3, 0.4) is 0 Å². The van der Waals surface area contributed by atoms with Gasteiger partial charge in [-0.25, -0.2) is 25.5 Å². The van der Waals surface area contributed by atoms with Crippen molar-refractivity contribution in [3.05, 3.63) is 89.2 Å². The van der Waals surface area contributed by atoms with Crippen molar-refractivity contribution in [1.29, 1.82) is 0 Å². The molecular formula is C25H25ClFN3O5S2. The van der Waals surface area contributed by atoms with Crippen LogP contribution in [0.2, 0.25) is 5.02 Å². The summed E-state index contributed by atoms with van der Waals surface area (Å²) in [5, 5.41) is 3.26. The van der Waals surface area contributed by atoms with Gasteiger partial charge in [0, 0.05) is 35.4 Å². The van der Waals surface area contributed by atoms with Crippen molar-refractivity contribution in [3.8, 4) is 0 Å². The zero-order chi connectivity index (χ0) is 26.6. The summed E-state index contributed by atoms with van der Waals surface area (Å²) in [7, 11) is -7.41. The van der Waals surface area contributed by atoms with Gasteiger partial charge in [0.2, 0.25) is 15.9 Å². The molecule has 1 saturated heterocycles. The summed E-state index contributed by atoms with van der Waals surface area (Å²) >= 11 is 5.82. The summed E-state index contributed by atoms with van der Waals surface area (Å²) in [6.07, 6.45) is 0.706. The van der Waals surface area contributed by atoms with Gasteiger partial charge >= 0.3 is 0 Å². The average molecular weight is 566 g/mol. The normalized spacial score (nSPS) is 15.3. The number of nitrogens with zero attached hydrogens (tertiary/aromatic N) is 1. The molecule has 3 aromatic rings. The lowest BCUT2D eigenvalue weighted by atomic mass is 9.97. The van der Waals surface area contributed by atoms with Gasteiger partial charge < -0.3 is 5.32 Å². The highest BCUT2D eigenvalue weighted by molar-refractivity contribution is 7.92. The number of carbonyl (C=O) groups excluding carboxylic acids is 1. The molecular weight excluding hydrogens is 541 g/mol.